The first-order valence-electron chi connectivity index (χ1n) is 4.12. The highest BCUT2D eigenvalue weighted by Crippen LogP contribution is 2.46. The summed E-state index contributed by atoms with van der Waals surface area (Å²) >= 11 is 0. The summed E-state index contributed by atoms with van der Waals surface area (Å²) < 4.78 is 0. The molecule has 10 heavy (non-hydrogen) atoms. The van der Waals surface area contributed by atoms with E-state index in [1.165, 1.54) is 19.3 Å². The molecule has 0 amide bonds. The summed E-state index contributed by atoms with van der Waals surface area (Å²) in [6.45, 7) is 4.65. The molecule has 1 aliphatic carbocycles. The third kappa shape index (κ3) is 1.39. The van der Waals surface area contributed by atoms with Crippen molar-refractivity contribution in [3.05, 3.63) is 0 Å². The molecule has 0 atom stereocenters. The first kappa shape index (κ1) is 7.77. The van der Waals surface area contributed by atoms with E-state index in [1.54, 1.807) is 0 Å². The summed E-state index contributed by atoms with van der Waals surface area (Å²) in [5.74, 6) is 0.787. The van der Waals surface area contributed by atoms with Crippen LogP contribution in [0.15, 0.2) is 4.99 Å². The van der Waals surface area contributed by atoms with Gasteiger partial charge in [-0.1, -0.05) is 20.3 Å². The number of hydrogen-bond acceptors (Lipinski definition) is 1. The van der Waals surface area contributed by atoms with E-state index in [2.05, 4.69) is 25.1 Å². The molecule has 0 radical (unpaired) electrons. The molecule has 1 nitrogen and oxygen atoms in total. The average Bonchev–Trinajstić information content (AvgIpc) is 1.85. The van der Waals surface area contributed by atoms with E-state index in [4.69, 9.17) is 0 Å². The van der Waals surface area contributed by atoms with Crippen molar-refractivity contribution < 1.29 is 0 Å². The van der Waals surface area contributed by atoms with Crippen LogP contribution in [0.1, 0.15) is 33.1 Å². The van der Waals surface area contributed by atoms with Crippen LogP contribution in [-0.2, 0) is 0 Å². The van der Waals surface area contributed by atoms with Crippen LogP contribution in [0.2, 0.25) is 0 Å². The van der Waals surface area contributed by atoms with Crippen LogP contribution < -0.4 is 0 Å². The minimum absolute atomic E-state index is 0.645. The second-order valence-corrected chi connectivity index (χ2v) is 3.74. The molecule has 0 N–H and O–H groups in total. The molecule has 0 bridgehead atoms. The molecule has 1 saturated carbocycles. The molecule has 0 aliphatic heterocycles. The molecule has 0 aromatic carbocycles. The maximum Gasteiger partial charge on any atom is 0.0273 e. The molecular weight excluding hydrogens is 122 g/mol. The van der Waals surface area contributed by atoms with Crippen LogP contribution in [-0.4, -0.2) is 13.3 Å². The third-order valence-corrected chi connectivity index (χ3v) is 2.72. The van der Waals surface area contributed by atoms with E-state index in [0.29, 0.717) is 5.41 Å². The van der Waals surface area contributed by atoms with Gasteiger partial charge in [0, 0.05) is 13.3 Å². The quantitative estimate of drug-likeness (QED) is 0.521. The molecule has 0 unspecified atom stereocenters. The van der Waals surface area contributed by atoms with Gasteiger partial charge >= 0.3 is 0 Å². The monoisotopic (exact) mass is 139 g/mol. The van der Waals surface area contributed by atoms with Crippen LogP contribution in [0.4, 0.5) is 0 Å². The van der Waals surface area contributed by atoms with Crippen LogP contribution in [0, 0.1) is 11.3 Å². The summed E-state index contributed by atoms with van der Waals surface area (Å²) in [5.41, 5.74) is 0.645. The summed E-state index contributed by atoms with van der Waals surface area (Å²) in [6.07, 6.45) is 6.11. The zero-order valence-electron chi connectivity index (χ0n) is 7.22. The second kappa shape index (κ2) is 2.73. The van der Waals surface area contributed by atoms with Gasteiger partial charge in [0.05, 0.1) is 0 Å². The van der Waals surface area contributed by atoms with E-state index >= 15 is 0 Å². The summed E-state index contributed by atoms with van der Waals surface area (Å²) in [7, 11) is 1.86. The Hall–Kier alpha value is -0.330. The fourth-order valence-electron chi connectivity index (χ4n) is 1.81. The predicted octanol–water partition coefficient (Wildman–Crippen LogP) is 2.51. The second-order valence-electron chi connectivity index (χ2n) is 3.74. The largest absolute Gasteiger partial charge is 0.301 e. The van der Waals surface area contributed by atoms with Crippen molar-refractivity contribution in [2.45, 2.75) is 33.1 Å². The van der Waals surface area contributed by atoms with Crippen molar-refractivity contribution in [1.82, 2.24) is 0 Å². The van der Waals surface area contributed by atoms with Crippen LogP contribution in [0.5, 0.6) is 0 Å². The topological polar surface area (TPSA) is 12.4 Å². The molecule has 1 fully saturated rings. The molecule has 1 heteroatoms. The molecule has 1 rings (SSSR count). The number of hydrogen-bond donors (Lipinski definition) is 0. The van der Waals surface area contributed by atoms with E-state index in [0.717, 1.165) is 5.92 Å². The molecule has 0 spiro atoms. The lowest BCUT2D eigenvalue weighted by Gasteiger charge is -2.43. The minimum atomic E-state index is 0.645. The molecular formula is C9H17N. The van der Waals surface area contributed by atoms with Crippen molar-refractivity contribution >= 4 is 6.21 Å². The van der Waals surface area contributed by atoms with Gasteiger partial charge in [0.25, 0.3) is 0 Å². The van der Waals surface area contributed by atoms with Crippen molar-refractivity contribution in [2.24, 2.45) is 16.3 Å². The summed E-state index contributed by atoms with van der Waals surface area (Å²) in [4.78, 5) is 4.03. The Morgan fingerprint density at radius 2 is 2.20 bits per heavy atom. The van der Waals surface area contributed by atoms with Gasteiger partial charge in [-0.05, 0) is 24.2 Å². The number of rotatable bonds is 2. The predicted molar refractivity (Wildman–Crippen MR) is 45.5 cm³/mol. The third-order valence-electron chi connectivity index (χ3n) is 2.72. The first-order chi connectivity index (χ1) is 4.70. The lowest BCUT2D eigenvalue weighted by molar-refractivity contribution is 0.116. The van der Waals surface area contributed by atoms with Gasteiger partial charge in [-0.2, -0.15) is 0 Å². The van der Waals surface area contributed by atoms with Crippen molar-refractivity contribution in [3.8, 4) is 0 Å². The zero-order chi connectivity index (χ0) is 7.61. The van der Waals surface area contributed by atoms with Gasteiger partial charge in [0.1, 0.15) is 0 Å². The Balaban J connectivity index is 2.29. The molecule has 0 saturated heterocycles. The first-order valence-corrected chi connectivity index (χ1v) is 4.12. The van der Waals surface area contributed by atoms with Crippen LogP contribution in [0.25, 0.3) is 0 Å². The Kier molecular flexibility index (Phi) is 2.12. The van der Waals surface area contributed by atoms with Gasteiger partial charge in [-0.3, -0.25) is 0 Å². The van der Waals surface area contributed by atoms with E-state index in [-0.39, 0.29) is 0 Å². The Labute approximate surface area is 63.5 Å². The molecule has 0 heterocycles. The maximum atomic E-state index is 4.03. The van der Waals surface area contributed by atoms with Gasteiger partial charge in [0.2, 0.25) is 0 Å². The molecule has 58 valence electrons. The number of nitrogens with zero attached hydrogens (tertiary/aromatic N) is 1. The molecule has 1 aliphatic rings. The Morgan fingerprint density at radius 3 is 2.60 bits per heavy atom. The van der Waals surface area contributed by atoms with Gasteiger partial charge < -0.3 is 4.99 Å². The van der Waals surface area contributed by atoms with Crippen LogP contribution >= 0.6 is 0 Å². The highest BCUT2D eigenvalue weighted by molar-refractivity contribution is 5.62. The SMILES string of the molecule is CCC1(C)CC(C=NC)C1. The molecule has 0 aromatic heterocycles. The van der Waals surface area contributed by atoms with E-state index < -0.39 is 0 Å². The fourth-order valence-corrected chi connectivity index (χ4v) is 1.81. The Morgan fingerprint density at radius 1 is 1.60 bits per heavy atom. The average molecular weight is 139 g/mol. The van der Waals surface area contributed by atoms with Gasteiger partial charge in [0.15, 0.2) is 0 Å². The smallest absolute Gasteiger partial charge is 0.0273 e. The number of aliphatic imine (C=N–C) groups is 1. The van der Waals surface area contributed by atoms with E-state index in [9.17, 15) is 0 Å². The van der Waals surface area contributed by atoms with Crippen molar-refractivity contribution in [2.75, 3.05) is 7.05 Å². The van der Waals surface area contributed by atoms with Gasteiger partial charge in [-0.15, -0.1) is 0 Å². The summed E-state index contributed by atoms with van der Waals surface area (Å²) in [6, 6.07) is 0. The zero-order valence-corrected chi connectivity index (χ0v) is 7.22. The summed E-state index contributed by atoms with van der Waals surface area (Å²) in [5, 5.41) is 0. The molecule has 0 aromatic rings. The van der Waals surface area contributed by atoms with Crippen LogP contribution in [0.3, 0.4) is 0 Å². The van der Waals surface area contributed by atoms with E-state index in [1.807, 2.05) is 7.05 Å². The highest BCUT2D eigenvalue weighted by Gasteiger charge is 2.37. The highest BCUT2D eigenvalue weighted by atomic mass is 14.7. The maximum absolute atomic E-state index is 4.03. The Bertz CT molecular complexity index is 132. The lowest BCUT2D eigenvalue weighted by Crippen LogP contribution is -2.34. The normalized spacial score (nSPS) is 40.1. The lowest BCUT2D eigenvalue weighted by atomic mass is 9.62. The van der Waals surface area contributed by atoms with Crippen molar-refractivity contribution in [1.29, 1.82) is 0 Å². The van der Waals surface area contributed by atoms with Crippen molar-refractivity contribution in [3.63, 3.8) is 0 Å². The fraction of sp³-hybridized carbons (Fsp3) is 0.889. The van der Waals surface area contributed by atoms with Gasteiger partial charge in [-0.25, -0.2) is 0 Å². The standard InChI is InChI=1S/C9H17N/c1-4-9(2)5-8(6-9)7-10-3/h7-8H,4-6H2,1-3H3. The minimum Gasteiger partial charge on any atom is -0.301 e.